The number of benzene rings is 2. The number of halogens is 3. The number of anilines is 2. The van der Waals surface area contributed by atoms with E-state index in [9.17, 15) is 31.2 Å². The molecule has 32 heavy (non-hydrogen) atoms. The zero-order valence-electron chi connectivity index (χ0n) is 17.3. The standard InChI is InChI=1S/C21H22F3N3O4S/c1-2-11-26(13-18(28)25-17-10-9-16(22)20(23)21(17)24)32(30,31)15-7-5-14(6-8-15)27-12-3-4-19(27)29/h5-10H,2-4,11-13H2,1H3,(H,25,28). The number of rotatable bonds is 8. The fraction of sp³-hybridized carbons (Fsp3) is 0.333. The van der Waals surface area contributed by atoms with Gasteiger partial charge in [-0.05, 0) is 49.2 Å². The van der Waals surface area contributed by atoms with Gasteiger partial charge in [-0.25, -0.2) is 21.6 Å². The van der Waals surface area contributed by atoms with Gasteiger partial charge in [0.15, 0.2) is 17.5 Å². The first-order valence-electron chi connectivity index (χ1n) is 9.99. The third kappa shape index (κ3) is 4.94. The molecule has 0 aliphatic carbocycles. The summed E-state index contributed by atoms with van der Waals surface area (Å²) in [6.45, 7) is 1.63. The molecule has 0 bridgehead atoms. The zero-order valence-corrected chi connectivity index (χ0v) is 18.1. The summed E-state index contributed by atoms with van der Waals surface area (Å²) in [6, 6.07) is 7.26. The molecule has 0 saturated carbocycles. The monoisotopic (exact) mass is 469 g/mol. The van der Waals surface area contributed by atoms with Crippen molar-refractivity contribution in [1.29, 1.82) is 0 Å². The third-order valence-electron chi connectivity index (χ3n) is 4.96. The largest absolute Gasteiger partial charge is 0.322 e. The van der Waals surface area contributed by atoms with Crippen LogP contribution in [-0.4, -0.2) is 44.2 Å². The summed E-state index contributed by atoms with van der Waals surface area (Å²) in [5.74, 6) is -5.66. The molecule has 172 valence electrons. The molecule has 2 aromatic rings. The molecule has 1 saturated heterocycles. The molecular formula is C21H22F3N3O4S. The van der Waals surface area contributed by atoms with Gasteiger partial charge in [-0.15, -0.1) is 0 Å². The van der Waals surface area contributed by atoms with Gasteiger partial charge in [0.2, 0.25) is 21.8 Å². The van der Waals surface area contributed by atoms with Gasteiger partial charge in [-0.2, -0.15) is 4.31 Å². The Balaban J connectivity index is 1.77. The number of nitrogens with zero attached hydrogens (tertiary/aromatic N) is 2. The second-order valence-corrected chi connectivity index (χ2v) is 9.19. The van der Waals surface area contributed by atoms with E-state index >= 15 is 0 Å². The predicted octanol–water partition coefficient (Wildman–Crippen LogP) is 3.27. The number of hydrogen-bond donors (Lipinski definition) is 1. The van der Waals surface area contributed by atoms with Crippen molar-refractivity contribution < 1.29 is 31.2 Å². The lowest BCUT2D eigenvalue weighted by Gasteiger charge is -2.22. The molecule has 0 aromatic heterocycles. The van der Waals surface area contributed by atoms with E-state index in [0.717, 1.165) is 16.8 Å². The molecule has 7 nitrogen and oxygen atoms in total. The van der Waals surface area contributed by atoms with Crippen molar-refractivity contribution in [2.45, 2.75) is 31.1 Å². The quantitative estimate of drug-likeness (QED) is 0.602. The lowest BCUT2D eigenvalue weighted by molar-refractivity contribution is -0.117. The van der Waals surface area contributed by atoms with Crippen molar-refractivity contribution in [2.75, 3.05) is 29.9 Å². The van der Waals surface area contributed by atoms with Gasteiger partial charge in [0.25, 0.3) is 0 Å². The van der Waals surface area contributed by atoms with E-state index in [1.807, 2.05) is 0 Å². The normalized spacial score (nSPS) is 14.3. The Bertz CT molecular complexity index is 1120. The van der Waals surface area contributed by atoms with Crippen molar-refractivity contribution in [2.24, 2.45) is 0 Å². The molecule has 11 heteroatoms. The van der Waals surface area contributed by atoms with E-state index in [1.54, 1.807) is 11.8 Å². The van der Waals surface area contributed by atoms with Crippen molar-refractivity contribution in [1.82, 2.24) is 4.31 Å². The van der Waals surface area contributed by atoms with Crippen LogP contribution < -0.4 is 10.2 Å². The number of carbonyl (C=O) groups excluding carboxylic acids is 2. The maximum absolute atomic E-state index is 13.8. The average Bonchev–Trinajstić information content (AvgIpc) is 3.20. The van der Waals surface area contributed by atoms with Gasteiger partial charge in [-0.1, -0.05) is 6.92 Å². The van der Waals surface area contributed by atoms with Crippen LogP contribution in [0.4, 0.5) is 24.5 Å². The van der Waals surface area contributed by atoms with Gasteiger partial charge < -0.3 is 10.2 Å². The Morgan fingerprint density at radius 3 is 2.38 bits per heavy atom. The minimum absolute atomic E-state index is 0.00236. The van der Waals surface area contributed by atoms with Crippen LogP contribution in [0.3, 0.4) is 0 Å². The third-order valence-corrected chi connectivity index (χ3v) is 6.82. The summed E-state index contributed by atoms with van der Waals surface area (Å²) in [5.41, 5.74) is -0.0116. The minimum Gasteiger partial charge on any atom is -0.322 e. The first kappa shape index (κ1) is 23.7. The molecule has 0 atom stereocenters. The summed E-state index contributed by atoms with van der Waals surface area (Å²) in [4.78, 5) is 25.7. The summed E-state index contributed by atoms with van der Waals surface area (Å²) < 4.78 is 67.3. The molecule has 3 rings (SSSR count). The number of amides is 2. The van der Waals surface area contributed by atoms with Gasteiger partial charge in [0, 0.05) is 25.2 Å². The Morgan fingerprint density at radius 1 is 1.09 bits per heavy atom. The fourth-order valence-electron chi connectivity index (χ4n) is 3.37. The second-order valence-electron chi connectivity index (χ2n) is 7.25. The lowest BCUT2D eigenvalue weighted by Crippen LogP contribution is -2.38. The maximum Gasteiger partial charge on any atom is 0.243 e. The van der Waals surface area contributed by atoms with Gasteiger partial charge in [0.1, 0.15) is 0 Å². The van der Waals surface area contributed by atoms with Crippen LogP contribution in [0.1, 0.15) is 26.2 Å². The SMILES string of the molecule is CCCN(CC(=O)Nc1ccc(F)c(F)c1F)S(=O)(=O)c1ccc(N2CCCC2=O)cc1. The van der Waals surface area contributed by atoms with Crippen LogP contribution in [0.2, 0.25) is 0 Å². The summed E-state index contributed by atoms with van der Waals surface area (Å²) in [5, 5.41) is 2.07. The Kier molecular flexibility index (Phi) is 7.19. The number of hydrogen-bond acceptors (Lipinski definition) is 4. The van der Waals surface area contributed by atoms with Crippen LogP contribution in [-0.2, 0) is 19.6 Å². The molecule has 1 heterocycles. The highest BCUT2D eigenvalue weighted by molar-refractivity contribution is 7.89. The van der Waals surface area contributed by atoms with Crippen LogP contribution >= 0.6 is 0 Å². The first-order valence-corrected chi connectivity index (χ1v) is 11.4. The van der Waals surface area contributed by atoms with E-state index in [1.165, 1.54) is 24.3 Å². The first-order chi connectivity index (χ1) is 15.1. The summed E-state index contributed by atoms with van der Waals surface area (Å²) in [7, 11) is -4.09. The average molecular weight is 469 g/mol. The second kappa shape index (κ2) is 9.70. The van der Waals surface area contributed by atoms with Crippen LogP contribution in [0.25, 0.3) is 0 Å². The maximum atomic E-state index is 13.8. The molecular weight excluding hydrogens is 447 g/mol. The van der Waals surface area contributed by atoms with E-state index in [0.29, 0.717) is 31.1 Å². The molecule has 1 aliphatic rings. The molecule has 0 radical (unpaired) electrons. The molecule has 0 spiro atoms. The minimum atomic E-state index is -4.09. The topological polar surface area (TPSA) is 86.8 Å². The van der Waals surface area contributed by atoms with Crippen molar-refractivity contribution in [3.05, 3.63) is 53.8 Å². The van der Waals surface area contributed by atoms with Crippen LogP contribution in [0, 0.1) is 17.5 Å². The molecule has 1 aliphatic heterocycles. The van der Waals surface area contributed by atoms with Gasteiger partial charge in [-0.3, -0.25) is 9.59 Å². The van der Waals surface area contributed by atoms with Gasteiger partial charge in [0.05, 0.1) is 17.1 Å². The fourth-order valence-corrected chi connectivity index (χ4v) is 4.86. The van der Waals surface area contributed by atoms with Crippen molar-refractivity contribution in [3.8, 4) is 0 Å². The molecule has 0 unspecified atom stereocenters. The Labute approximate surface area is 183 Å². The van der Waals surface area contributed by atoms with E-state index < -0.39 is 45.6 Å². The summed E-state index contributed by atoms with van der Waals surface area (Å²) >= 11 is 0. The van der Waals surface area contributed by atoms with E-state index in [-0.39, 0.29) is 17.3 Å². The zero-order chi connectivity index (χ0) is 23.5. The molecule has 1 N–H and O–H groups in total. The summed E-state index contributed by atoms with van der Waals surface area (Å²) in [6.07, 6.45) is 1.57. The predicted molar refractivity (Wildman–Crippen MR) is 112 cm³/mol. The van der Waals surface area contributed by atoms with E-state index in [2.05, 4.69) is 5.32 Å². The molecule has 2 aromatic carbocycles. The van der Waals surface area contributed by atoms with Crippen molar-refractivity contribution >= 4 is 33.2 Å². The Hall–Kier alpha value is -2.92. The Morgan fingerprint density at radius 2 is 1.78 bits per heavy atom. The van der Waals surface area contributed by atoms with E-state index in [4.69, 9.17) is 0 Å². The number of carbonyl (C=O) groups is 2. The van der Waals surface area contributed by atoms with Gasteiger partial charge >= 0.3 is 0 Å². The molecule has 2 amide bonds. The highest BCUT2D eigenvalue weighted by Gasteiger charge is 2.28. The number of nitrogens with one attached hydrogen (secondary N) is 1. The highest BCUT2D eigenvalue weighted by Crippen LogP contribution is 2.25. The molecule has 1 fully saturated rings. The number of sulfonamides is 1. The lowest BCUT2D eigenvalue weighted by atomic mass is 10.2. The highest BCUT2D eigenvalue weighted by atomic mass is 32.2. The van der Waals surface area contributed by atoms with Crippen LogP contribution in [0.5, 0.6) is 0 Å². The van der Waals surface area contributed by atoms with Crippen LogP contribution in [0.15, 0.2) is 41.3 Å². The smallest absolute Gasteiger partial charge is 0.243 e. The van der Waals surface area contributed by atoms with Crippen molar-refractivity contribution in [3.63, 3.8) is 0 Å².